The van der Waals surface area contributed by atoms with Crippen molar-refractivity contribution in [3.05, 3.63) is 29.8 Å². The van der Waals surface area contributed by atoms with Gasteiger partial charge in [-0.25, -0.2) is 4.79 Å². The summed E-state index contributed by atoms with van der Waals surface area (Å²) in [6, 6.07) is 6.30. The molecule has 1 aromatic carbocycles. The summed E-state index contributed by atoms with van der Waals surface area (Å²) in [7, 11) is 0. The SMILES string of the molecule is O=C(O)C1C2CCCC2CN1C(=O)c1ccc(OCC2CCCO2)cc1. The van der Waals surface area contributed by atoms with Gasteiger partial charge in [-0.2, -0.15) is 0 Å². The van der Waals surface area contributed by atoms with E-state index < -0.39 is 12.0 Å². The van der Waals surface area contributed by atoms with E-state index in [1.807, 2.05) is 0 Å². The molecule has 0 bridgehead atoms. The van der Waals surface area contributed by atoms with Gasteiger partial charge < -0.3 is 19.5 Å². The van der Waals surface area contributed by atoms with Gasteiger partial charge in [-0.15, -0.1) is 0 Å². The van der Waals surface area contributed by atoms with E-state index >= 15 is 0 Å². The van der Waals surface area contributed by atoms with Gasteiger partial charge in [-0.05, 0) is 61.8 Å². The minimum absolute atomic E-state index is 0.102. The Balaban J connectivity index is 1.41. The van der Waals surface area contributed by atoms with Crippen molar-refractivity contribution in [1.29, 1.82) is 0 Å². The molecule has 2 saturated heterocycles. The fourth-order valence-corrected chi connectivity index (χ4v) is 4.66. The summed E-state index contributed by atoms with van der Waals surface area (Å²) in [6.45, 7) is 1.87. The van der Waals surface area contributed by atoms with Crippen LogP contribution in [0.15, 0.2) is 24.3 Å². The van der Waals surface area contributed by atoms with Crippen LogP contribution in [0.4, 0.5) is 0 Å². The molecule has 0 radical (unpaired) electrons. The van der Waals surface area contributed by atoms with Crippen molar-refractivity contribution >= 4 is 11.9 Å². The van der Waals surface area contributed by atoms with Crippen molar-refractivity contribution in [2.75, 3.05) is 19.8 Å². The van der Waals surface area contributed by atoms with Gasteiger partial charge >= 0.3 is 5.97 Å². The van der Waals surface area contributed by atoms with Gasteiger partial charge in [0.1, 0.15) is 18.4 Å². The molecule has 3 aliphatic rings. The van der Waals surface area contributed by atoms with Gasteiger partial charge in [0, 0.05) is 18.7 Å². The summed E-state index contributed by atoms with van der Waals surface area (Å²) >= 11 is 0. The summed E-state index contributed by atoms with van der Waals surface area (Å²) < 4.78 is 11.3. The molecule has 0 aromatic heterocycles. The molecule has 3 fully saturated rings. The van der Waals surface area contributed by atoms with Gasteiger partial charge in [-0.1, -0.05) is 6.42 Å². The zero-order valence-corrected chi connectivity index (χ0v) is 14.8. The molecule has 26 heavy (non-hydrogen) atoms. The highest BCUT2D eigenvalue weighted by Crippen LogP contribution is 2.42. The third kappa shape index (κ3) is 3.30. The summed E-state index contributed by atoms with van der Waals surface area (Å²) in [5, 5.41) is 9.62. The molecule has 2 heterocycles. The molecule has 4 unspecified atom stereocenters. The zero-order valence-electron chi connectivity index (χ0n) is 14.8. The summed E-state index contributed by atoms with van der Waals surface area (Å²) in [5.41, 5.74) is 0.515. The van der Waals surface area contributed by atoms with Crippen LogP contribution in [0.25, 0.3) is 0 Å². The van der Waals surface area contributed by atoms with E-state index in [9.17, 15) is 14.7 Å². The van der Waals surface area contributed by atoms with Crippen LogP contribution < -0.4 is 4.74 Å². The number of carboxylic acids is 1. The van der Waals surface area contributed by atoms with Crippen molar-refractivity contribution in [3.63, 3.8) is 0 Å². The van der Waals surface area contributed by atoms with Crippen molar-refractivity contribution in [1.82, 2.24) is 4.90 Å². The number of likely N-dealkylation sites (tertiary alicyclic amines) is 1. The highest BCUT2D eigenvalue weighted by atomic mass is 16.5. The summed E-state index contributed by atoms with van der Waals surface area (Å²) in [6.07, 6.45) is 5.24. The topological polar surface area (TPSA) is 76.1 Å². The van der Waals surface area contributed by atoms with Crippen LogP contribution in [0.2, 0.25) is 0 Å². The normalized spacial score (nSPS) is 30.4. The smallest absolute Gasteiger partial charge is 0.326 e. The molecule has 2 aliphatic heterocycles. The van der Waals surface area contributed by atoms with Crippen molar-refractivity contribution in [2.24, 2.45) is 11.8 Å². The van der Waals surface area contributed by atoms with E-state index in [4.69, 9.17) is 9.47 Å². The lowest BCUT2D eigenvalue weighted by molar-refractivity contribution is -0.142. The van der Waals surface area contributed by atoms with E-state index in [0.717, 1.165) is 38.7 Å². The maximum Gasteiger partial charge on any atom is 0.326 e. The minimum Gasteiger partial charge on any atom is -0.491 e. The van der Waals surface area contributed by atoms with Crippen LogP contribution >= 0.6 is 0 Å². The summed E-state index contributed by atoms with van der Waals surface area (Å²) in [4.78, 5) is 26.2. The fourth-order valence-electron chi connectivity index (χ4n) is 4.66. The standard InChI is InChI=1S/C20H25NO5/c22-19(21-11-14-3-1-5-17(14)18(21)20(23)24)13-6-8-15(9-7-13)26-12-16-4-2-10-25-16/h6-9,14,16-18H,1-5,10-12H2,(H,23,24). The molecule has 1 amide bonds. The maximum atomic E-state index is 12.9. The largest absolute Gasteiger partial charge is 0.491 e. The highest BCUT2D eigenvalue weighted by molar-refractivity contribution is 5.97. The first-order valence-corrected chi connectivity index (χ1v) is 9.52. The average Bonchev–Trinajstić information content (AvgIpc) is 3.36. The number of carbonyl (C=O) groups is 2. The molecular weight excluding hydrogens is 334 g/mol. The van der Waals surface area contributed by atoms with Gasteiger partial charge in [0.15, 0.2) is 0 Å². The van der Waals surface area contributed by atoms with E-state index in [1.54, 1.807) is 29.2 Å². The number of carbonyl (C=O) groups excluding carboxylic acids is 1. The molecule has 1 saturated carbocycles. The highest BCUT2D eigenvalue weighted by Gasteiger charge is 2.49. The van der Waals surface area contributed by atoms with Crippen molar-refractivity contribution in [2.45, 2.75) is 44.2 Å². The quantitative estimate of drug-likeness (QED) is 0.874. The van der Waals surface area contributed by atoms with Crippen LogP contribution in [-0.4, -0.2) is 53.8 Å². The third-order valence-corrected chi connectivity index (χ3v) is 5.97. The molecule has 4 rings (SSSR count). The van der Waals surface area contributed by atoms with Gasteiger partial charge in [0.2, 0.25) is 0 Å². The molecule has 4 atom stereocenters. The zero-order chi connectivity index (χ0) is 18.1. The van der Waals surface area contributed by atoms with Crippen molar-refractivity contribution in [3.8, 4) is 5.75 Å². The van der Waals surface area contributed by atoms with E-state index in [2.05, 4.69) is 0 Å². The van der Waals surface area contributed by atoms with Gasteiger partial charge in [0.25, 0.3) is 5.91 Å². The first-order chi connectivity index (χ1) is 12.6. The van der Waals surface area contributed by atoms with Gasteiger partial charge in [0.05, 0.1) is 6.10 Å². The first-order valence-electron chi connectivity index (χ1n) is 9.52. The number of rotatable bonds is 5. The Bertz CT molecular complexity index is 667. The van der Waals surface area contributed by atoms with Crippen molar-refractivity contribution < 1.29 is 24.2 Å². The lowest BCUT2D eigenvalue weighted by Crippen LogP contribution is -2.43. The number of ether oxygens (including phenoxy) is 2. The predicted octanol–water partition coefficient (Wildman–Crippen LogP) is 2.57. The number of hydrogen-bond acceptors (Lipinski definition) is 4. The second-order valence-corrected chi connectivity index (χ2v) is 7.57. The molecule has 0 spiro atoms. The number of amides is 1. The van der Waals surface area contributed by atoms with E-state index in [-0.39, 0.29) is 17.9 Å². The lowest BCUT2D eigenvalue weighted by atomic mass is 9.94. The number of aliphatic carboxylic acids is 1. The monoisotopic (exact) mass is 359 g/mol. The Morgan fingerprint density at radius 2 is 1.96 bits per heavy atom. The fraction of sp³-hybridized carbons (Fsp3) is 0.600. The molecule has 1 aromatic rings. The Morgan fingerprint density at radius 3 is 2.65 bits per heavy atom. The molecule has 1 N–H and O–H groups in total. The van der Waals surface area contributed by atoms with E-state index in [1.165, 1.54) is 0 Å². The third-order valence-electron chi connectivity index (χ3n) is 5.97. The molecule has 6 heteroatoms. The first kappa shape index (κ1) is 17.3. The number of hydrogen-bond donors (Lipinski definition) is 1. The number of benzene rings is 1. The number of carboxylic acid groups (broad SMARTS) is 1. The molecule has 6 nitrogen and oxygen atoms in total. The Kier molecular flexibility index (Phi) is 4.85. The number of fused-ring (bicyclic) bond motifs is 1. The Labute approximate surface area is 153 Å². The average molecular weight is 359 g/mol. The minimum atomic E-state index is -0.885. The molecular formula is C20H25NO5. The summed E-state index contributed by atoms with van der Waals surface area (Å²) in [5.74, 6) is 0.0476. The molecule has 1 aliphatic carbocycles. The van der Waals surface area contributed by atoms with Crippen LogP contribution in [-0.2, 0) is 9.53 Å². The maximum absolute atomic E-state index is 12.9. The second-order valence-electron chi connectivity index (χ2n) is 7.57. The van der Waals surface area contributed by atoms with Crippen LogP contribution in [0.1, 0.15) is 42.5 Å². The van der Waals surface area contributed by atoms with Crippen LogP contribution in [0.5, 0.6) is 5.75 Å². The van der Waals surface area contributed by atoms with Crippen LogP contribution in [0.3, 0.4) is 0 Å². The van der Waals surface area contributed by atoms with Crippen LogP contribution in [0, 0.1) is 11.8 Å². The second kappa shape index (κ2) is 7.27. The Hall–Kier alpha value is -2.08. The van der Waals surface area contributed by atoms with E-state index in [0.29, 0.717) is 30.4 Å². The van der Waals surface area contributed by atoms with Gasteiger partial charge in [-0.3, -0.25) is 4.79 Å². The number of nitrogens with zero attached hydrogens (tertiary/aromatic N) is 1. The molecule has 140 valence electrons. The predicted molar refractivity (Wildman–Crippen MR) is 94.2 cm³/mol. The lowest BCUT2D eigenvalue weighted by Gasteiger charge is -2.24. The Morgan fingerprint density at radius 1 is 1.15 bits per heavy atom.